The van der Waals surface area contributed by atoms with Crippen LogP contribution in [0.4, 0.5) is 0 Å². The fourth-order valence-electron chi connectivity index (χ4n) is 2.75. The van der Waals surface area contributed by atoms with Gasteiger partial charge in [0.1, 0.15) is 0 Å². The third kappa shape index (κ3) is 22.5. The van der Waals surface area contributed by atoms with Crippen molar-refractivity contribution in [3.63, 3.8) is 0 Å². The zero-order valence-electron chi connectivity index (χ0n) is 15.5. The van der Waals surface area contributed by atoms with Gasteiger partial charge in [-0.25, -0.2) is 0 Å². The molecule has 0 unspecified atom stereocenters. The van der Waals surface area contributed by atoms with Gasteiger partial charge < -0.3 is 13.8 Å². The zero-order valence-corrected chi connectivity index (χ0v) is 16.3. The molecule has 0 aromatic rings. The summed E-state index contributed by atoms with van der Waals surface area (Å²) in [6, 6.07) is 0. The molecule has 0 N–H and O–H groups in total. The van der Waals surface area contributed by atoms with Crippen molar-refractivity contribution < 1.29 is 25.1 Å². The first kappa shape index (κ1) is 24.4. The van der Waals surface area contributed by atoms with Crippen LogP contribution in [0.5, 0.6) is 0 Å². The summed E-state index contributed by atoms with van der Waals surface area (Å²) in [6.45, 7) is 7.34. The van der Waals surface area contributed by atoms with Crippen molar-refractivity contribution in [1.29, 1.82) is 0 Å². The number of hydrogen-bond donors (Lipinski definition) is 0. The van der Waals surface area contributed by atoms with Crippen LogP contribution in [0.1, 0.15) is 90.9 Å². The Balaban J connectivity index is 0. The van der Waals surface area contributed by atoms with Crippen LogP contribution in [-0.4, -0.2) is 31.7 Å². The molecule has 0 aliphatic heterocycles. The second-order valence-electron chi connectivity index (χ2n) is 6.98. The fourth-order valence-corrected chi connectivity index (χ4v) is 2.75. The van der Waals surface area contributed by atoms with Gasteiger partial charge >= 0.3 is 0 Å². The van der Waals surface area contributed by atoms with Crippen LogP contribution in [0.25, 0.3) is 0 Å². The van der Waals surface area contributed by atoms with E-state index in [9.17, 15) is 0 Å². The Morgan fingerprint density at radius 1 is 0.591 bits per heavy atom. The van der Waals surface area contributed by atoms with Gasteiger partial charge in [-0.3, -0.25) is 0 Å². The van der Waals surface area contributed by atoms with E-state index in [0.717, 1.165) is 0 Å². The van der Waals surface area contributed by atoms with Crippen molar-refractivity contribution in [3.05, 3.63) is 0 Å². The van der Waals surface area contributed by atoms with E-state index in [2.05, 4.69) is 27.9 Å². The summed E-state index contributed by atoms with van der Waals surface area (Å²) in [5.41, 5.74) is 0. The first-order valence-corrected chi connectivity index (χ1v) is 9.87. The van der Waals surface area contributed by atoms with E-state index in [4.69, 9.17) is 9.32 Å². The molecule has 0 aliphatic carbocycles. The number of nitrogens with zero attached hydrogens (tertiary/aromatic N) is 1. The molecule has 0 bridgehead atoms. The summed E-state index contributed by atoms with van der Waals surface area (Å²) < 4.78 is 17.7. The standard InChI is InChI=1S/C18H40N.ClO2/c1-5-7-9-11-13-15-17-19(3,4)18-16-14-12-10-8-6-2;2-1-3/h5-18H2,1-4H3;/q+1;-1. The summed E-state index contributed by atoms with van der Waals surface area (Å²) in [4.78, 5) is 0. The molecule has 0 rings (SSSR count). The van der Waals surface area contributed by atoms with Gasteiger partial charge in [-0.2, -0.15) is 0 Å². The molecule has 0 spiro atoms. The third-order valence-corrected chi connectivity index (χ3v) is 4.23. The van der Waals surface area contributed by atoms with Crippen molar-refractivity contribution in [2.45, 2.75) is 90.9 Å². The molecule has 0 heterocycles. The van der Waals surface area contributed by atoms with Crippen LogP contribution in [0, 0.1) is 11.3 Å². The number of unbranched alkanes of at least 4 members (excludes halogenated alkanes) is 10. The van der Waals surface area contributed by atoms with Crippen molar-refractivity contribution in [2.24, 2.45) is 0 Å². The minimum atomic E-state index is -0.417. The highest BCUT2D eigenvalue weighted by atomic mass is 35.6. The molecule has 3 nitrogen and oxygen atoms in total. The summed E-state index contributed by atoms with van der Waals surface area (Å²) in [5.74, 6) is 0. The Hall–Kier alpha value is 0.170. The molecule has 0 fully saturated rings. The van der Waals surface area contributed by atoms with Crippen molar-refractivity contribution in [3.8, 4) is 0 Å². The first-order chi connectivity index (χ1) is 10.5. The number of halogens is 1. The molecule has 0 aromatic heterocycles. The Morgan fingerprint density at radius 2 is 0.864 bits per heavy atom. The van der Waals surface area contributed by atoms with Gasteiger partial charge in [0.15, 0.2) is 0 Å². The maximum atomic E-state index is 8.24. The minimum Gasteiger partial charge on any atom is -0.544 e. The largest absolute Gasteiger partial charge is 0.544 e. The lowest BCUT2D eigenvalue weighted by molar-refractivity contribution is -1.41. The van der Waals surface area contributed by atoms with E-state index < -0.39 is 11.3 Å². The van der Waals surface area contributed by atoms with Crippen molar-refractivity contribution in [2.75, 3.05) is 27.2 Å². The van der Waals surface area contributed by atoms with Gasteiger partial charge in [0.05, 0.1) is 38.5 Å². The van der Waals surface area contributed by atoms with E-state index >= 15 is 0 Å². The molecule has 0 aliphatic rings. The van der Waals surface area contributed by atoms with Crippen molar-refractivity contribution >= 4 is 0 Å². The van der Waals surface area contributed by atoms with Gasteiger partial charge in [0, 0.05) is 0 Å². The highest BCUT2D eigenvalue weighted by Gasteiger charge is 2.13. The summed E-state index contributed by atoms with van der Waals surface area (Å²) >= 11 is -0.417. The average Bonchev–Trinajstić information content (AvgIpc) is 2.47. The maximum absolute atomic E-state index is 8.24. The SMILES string of the molecule is CCCCCCCC[N+](C)(C)CCCCCCCC.[O-][Cl+][O-]. The van der Waals surface area contributed by atoms with Gasteiger partial charge in [0.25, 0.3) is 0 Å². The monoisotopic (exact) mass is 337 g/mol. The average molecular weight is 338 g/mol. The zero-order chi connectivity index (χ0) is 17.1. The molecule has 136 valence electrons. The lowest BCUT2D eigenvalue weighted by Gasteiger charge is -2.30. The molecule has 22 heavy (non-hydrogen) atoms. The van der Waals surface area contributed by atoms with Gasteiger partial charge in [-0.15, -0.1) is 0 Å². The third-order valence-electron chi connectivity index (χ3n) is 4.23. The van der Waals surface area contributed by atoms with E-state index in [1.165, 1.54) is 94.6 Å². The molecular formula is C18H40ClNO2. The second kappa shape index (κ2) is 19.2. The fraction of sp³-hybridized carbons (Fsp3) is 1.00. The van der Waals surface area contributed by atoms with Gasteiger partial charge in [0.2, 0.25) is 0 Å². The van der Waals surface area contributed by atoms with Crippen LogP contribution in [0.15, 0.2) is 0 Å². The molecule has 0 saturated heterocycles. The second-order valence-corrected chi connectivity index (χ2v) is 7.11. The Morgan fingerprint density at radius 3 is 1.18 bits per heavy atom. The molecular weight excluding hydrogens is 298 g/mol. The van der Waals surface area contributed by atoms with E-state index in [1.54, 1.807) is 0 Å². The van der Waals surface area contributed by atoms with Crippen LogP contribution < -0.4 is 9.32 Å². The maximum Gasteiger partial charge on any atom is 0.0878 e. The normalized spacial score (nSPS) is 11.2. The topological polar surface area (TPSA) is 46.1 Å². The highest BCUT2D eigenvalue weighted by molar-refractivity contribution is 4.46. The van der Waals surface area contributed by atoms with Crippen LogP contribution in [0.2, 0.25) is 0 Å². The number of quaternary nitrogens is 1. The smallest absolute Gasteiger partial charge is 0.0878 e. The molecule has 0 aromatic carbocycles. The highest BCUT2D eigenvalue weighted by Crippen LogP contribution is 2.11. The predicted molar refractivity (Wildman–Crippen MR) is 88.6 cm³/mol. The van der Waals surface area contributed by atoms with Gasteiger partial charge in [-0.05, 0) is 25.7 Å². The van der Waals surface area contributed by atoms with Crippen molar-refractivity contribution in [1.82, 2.24) is 0 Å². The van der Waals surface area contributed by atoms with Crippen LogP contribution in [-0.2, 0) is 0 Å². The van der Waals surface area contributed by atoms with E-state index in [0.29, 0.717) is 0 Å². The number of hydrogen-bond acceptors (Lipinski definition) is 2. The molecule has 0 saturated carbocycles. The van der Waals surface area contributed by atoms with Crippen LogP contribution in [0.3, 0.4) is 0 Å². The Bertz CT molecular complexity index is 184. The molecule has 4 heteroatoms. The van der Waals surface area contributed by atoms with E-state index in [1.807, 2.05) is 0 Å². The summed E-state index contributed by atoms with van der Waals surface area (Å²) in [5, 5.41) is 0. The number of rotatable bonds is 14. The molecule has 0 amide bonds. The predicted octanol–water partition coefficient (Wildman–Crippen LogP) is 3.41. The quantitative estimate of drug-likeness (QED) is 0.360. The summed E-state index contributed by atoms with van der Waals surface area (Å²) in [6.07, 6.45) is 17.1. The Kier molecular flexibility index (Phi) is 21.3. The van der Waals surface area contributed by atoms with Gasteiger partial charge in [-0.1, -0.05) is 65.2 Å². The lowest BCUT2D eigenvalue weighted by Crippen LogP contribution is -2.41. The molecule has 0 atom stereocenters. The van der Waals surface area contributed by atoms with Crippen LogP contribution >= 0.6 is 0 Å². The minimum absolute atomic E-state index is 0.417. The first-order valence-electron chi connectivity index (χ1n) is 9.25. The summed E-state index contributed by atoms with van der Waals surface area (Å²) in [7, 11) is 4.83. The molecule has 0 radical (unpaired) electrons. The van der Waals surface area contributed by atoms with E-state index in [-0.39, 0.29) is 0 Å². The lowest BCUT2D eigenvalue weighted by atomic mass is 10.1. The Labute approximate surface area is 143 Å².